The fourth-order valence-electron chi connectivity index (χ4n) is 5.09. The van der Waals surface area contributed by atoms with E-state index in [-0.39, 0.29) is 0 Å². The van der Waals surface area contributed by atoms with Crippen LogP contribution in [-0.2, 0) is 11.3 Å². The molecule has 5 heteroatoms. The Labute approximate surface area is 170 Å². The lowest BCUT2D eigenvalue weighted by atomic mass is 9.95. The molecule has 4 aliphatic rings. The first-order valence-corrected chi connectivity index (χ1v) is 11.3. The summed E-state index contributed by atoms with van der Waals surface area (Å²) < 4.78 is 11.7. The Hall–Kier alpha value is -1.14. The molecule has 1 aromatic carbocycles. The van der Waals surface area contributed by atoms with Gasteiger partial charge in [0.05, 0.1) is 13.2 Å². The maximum Gasteiger partial charge on any atom is 0.123 e. The number of fused-ring (bicyclic) bond motifs is 4. The number of piperidine rings is 1. The van der Waals surface area contributed by atoms with Crippen LogP contribution in [0.1, 0.15) is 31.7 Å². The molecule has 2 bridgehead atoms. The monoisotopic (exact) mass is 387 g/mol. The lowest BCUT2D eigenvalue weighted by Crippen LogP contribution is -2.44. The third kappa shape index (κ3) is 5.26. The van der Waals surface area contributed by atoms with Crippen molar-refractivity contribution in [1.29, 1.82) is 0 Å². The summed E-state index contributed by atoms with van der Waals surface area (Å²) in [4.78, 5) is 7.86. The highest BCUT2D eigenvalue weighted by Gasteiger charge is 2.34. The van der Waals surface area contributed by atoms with Crippen molar-refractivity contribution in [3.63, 3.8) is 0 Å². The van der Waals surface area contributed by atoms with Gasteiger partial charge >= 0.3 is 0 Å². The number of rotatable bonds is 8. The first kappa shape index (κ1) is 20.1. The minimum atomic E-state index is 0.744. The van der Waals surface area contributed by atoms with Gasteiger partial charge in [0.15, 0.2) is 0 Å². The van der Waals surface area contributed by atoms with Gasteiger partial charge in [-0.05, 0) is 37.8 Å². The number of ether oxygens (including phenoxy) is 2. The van der Waals surface area contributed by atoms with Gasteiger partial charge in [-0.1, -0.05) is 25.1 Å². The van der Waals surface area contributed by atoms with E-state index in [1.807, 2.05) is 0 Å². The van der Waals surface area contributed by atoms with Gasteiger partial charge in [-0.25, -0.2) is 0 Å². The first-order valence-electron chi connectivity index (χ1n) is 11.3. The summed E-state index contributed by atoms with van der Waals surface area (Å²) in [6.45, 7) is 13.8. The molecule has 0 spiro atoms. The summed E-state index contributed by atoms with van der Waals surface area (Å²) in [6.07, 6.45) is 4.04. The second-order valence-corrected chi connectivity index (χ2v) is 8.70. The average molecular weight is 388 g/mol. The number of hydrogen-bond donors (Lipinski definition) is 0. The Morgan fingerprint density at radius 1 is 1.00 bits per heavy atom. The van der Waals surface area contributed by atoms with Crippen LogP contribution in [0.25, 0.3) is 0 Å². The summed E-state index contributed by atoms with van der Waals surface area (Å²) in [5, 5.41) is 0. The van der Waals surface area contributed by atoms with Crippen LogP contribution in [-0.4, -0.2) is 86.4 Å². The van der Waals surface area contributed by atoms with Gasteiger partial charge in [0.1, 0.15) is 12.4 Å². The van der Waals surface area contributed by atoms with E-state index in [2.05, 4.69) is 45.9 Å². The second-order valence-electron chi connectivity index (χ2n) is 8.70. The molecule has 4 fully saturated rings. The zero-order valence-corrected chi connectivity index (χ0v) is 17.5. The Kier molecular flexibility index (Phi) is 7.24. The van der Waals surface area contributed by atoms with Crippen molar-refractivity contribution >= 4 is 0 Å². The molecule has 0 amide bonds. The third-order valence-electron chi connectivity index (χ3n) is 6.55. The van der Waals surface area contributed by atoms with Crippen molar-refractivity contribution in [1.82, 2.24) is 14.7 Å². The summed E-state index contributed by atoms with van der Waals surface area (Å²) in [5.41, 5.74) is 1.34. The average Bonchev–Trinajstić information content (AvgIpc) is 3.01. The highest BCUT2D eigenvalue weighted by Crippen LogP contribution is 2.30. The minimum Gasteiger partial charge on any atom is -0.492 e. The lowest BCUT2D eigenvalue weighted by molar-refractivity contribution is 0.0321. The molecule has 0 radical (unpaired) electrons. The molecule has 0 unspecified atom stereocenters. The van der Waals surface area contributed by atoms with Crippen LogP contribution in [0.15, 0.2) is 24.3 Å². The standard InChI is InChI=1S/C23H37N3O2/c1-2-9-26-17-20-7-8-22(26)19-25(16-20)18-21-5-3-4-6-23(21)28-15-12-24-10-13-27-14-11-24/h3-6,20,22H,2,7-19H2,1H3/t20-,22+/m0/s1. The first-order chi connectivity index (χ1) is 13.8. The maximum absolute atomic E-state index is 6.22. The van der Waals surface area contributed by atoms with Gasteiger partial charge in [-0.2, -0.15) is 0 Å². The predicted octanol–water partition coefficient (Wildman–Crippen LogP) is 2.70. The fourth-order valence-corrected chi connectivity index (χ4v) is 5.09. The highest BCUT2D eigenvalue weighted by molar-refractivity contribution is 5.33. The van der Waals surface area contributed by atoms with Crippen LogP contribution >= 0.6 is 0 Å². The summed E-state index contributed by atoms with van der Waals surface area (Å²) in [5.74, 6) is 1.90. The maximum atomic E-state index is 6.22. The van der Waals surface area contributed by atoms with E-state index < -0.39 is 0 Å². The topological polar surface area (TPSA) is 28.2 Å². The smallest absolute Gasteiger partial charge is 0.123 e. The van der Waals surface area contributed by atoms with Crippen LogP contribution in [0, 0.1) is 5.92 Å². The number of morpholine rings is 1. The Balaban J connectivity index is 1.33. The van der Waals surface area contributed by atoms with E-state index in [1.54, 1.807) is 0 Å². The molecule has 5 rings (SSSR count). The van der Waals surface area contributed by atoms with Gasteiger partial charge in [0, 0.05) is 57.4 Å². The van der Waals surface area contributed by atoms with E-state index in [1.165, 1.54) is 51.0 Å². The molecule has 1 aromatic rings. The van der Waals surface area contributed by atoms with Crippen LogP contribution in [0.4, 0.5) is 0 Å². The third-order valence-corrected chi connectivity index (χ3v) is 6.55. The Bertz CT molecular complexity index is 605. The quantitative estimate of drug-likeness (QED) is 0.684. The Morgan fingerprint density at radius 2 is 1.86 bits per heavy atom. The molecule has 0 N–H and O–H groups in total. The number of hydrogen-bond acceptors (Lipinski definition) is 5. The van der Waals surface area contributed by atoms with Crippen molar-refractivity contribution in [3.05, 3.63) is 29.8 Å². The molecular weight excluding hydrogens is 350 g/mol. The molecule has 0 aromatic heterocycles. The molecule has 2 atom stereocenters. The summed E-state index contributed by atoms with van der Waals surface area (Å²) in [7, 11) is 0. The Morgan fingerprint density at radius 3 is 2.71 bits per heavy atom. The minimum absolute atomic E-state index is 0.744. The number of benzene rings is 1. The lowest BCUT2D eigenvalue weighted by Gasteiger charge is -2.35. The van der Waals surface area contributed by atoms with Crippen LogP contribution < -0.4 is 4.74 Å². The number of nitrogens with zero attached hydrogens (tertiary/aromatic N) is 3. The van der Waals surface area contributed by atoms with Gasteiger partial charge < -0.3 is 9.47 Å². The van der Waals surface area contributed by atoms with Crippen molar-refractivity contribution in [2.24, 2.45) is 5.92 Å². The normalized spacial score (nSPS) is 27.0. The van der Waals surface area contributed by atoms with E-state index >= 15 is 0 Å². The molecule has 0 aliphatic carbocycles. The summed E-state index contributed by atoms with van der Waals surface area (Å²) in [6, 6.07) is 9.39. The van der Waals surface area contributed by atoms with Crippen LogP contribution in [0.2, 0.25) is 0 Å². The van der Waals surface area contributed by atoms with Gasteiger partial charge in [-0.15, -0.1) is 0 Å². The summed E-state index contributed by atoms with van der Waals surface area (Å²) >= 11 is 0. The number of para-hydroxylation sites is 1. The van der Waals surface area contributed by atoms with Crippen molar-refractivity contribution in [2.75, 3.05) is 65.6 Å². The van der Waals surface area contributed by atoms with Crippen molar-refractivity contribution in [2.45, 2.75) is 38.8 Å². The molecule has 28 heavy (non-hydrogen) atoms. The second kappa shape index (κ2) is 10.1. The van der Waals surface area contributed by atoms with Crippen LogP contribution in [0.5, 0.6) is 5.75 Å². The van der Waals surface area contributed by atoms with E-state index in [0.717, 1.165) is 63.7 Å². The van der Waals surface area contributed by atoms with Crippen LogP contribution in [0.3, 0.4) is 0 Å². The highest BCUT2D eigenvalue weighted by atomic mass is 16.5. The zero-order valence-electron chi connectivity index (χ0n) is 17.5. The van der Waals surface area contributed by atoms with E-state index in [4.69, 9.17) is 9.47 Å². The van der Waals surface area contributed by atoms with Crippen molar-refractivity contribution < 1.29 is 9.47 Å². The molecule has 4 aliphatic heterocycles. The van der Waals surface area contributed by atoms with Gasteiger partial charge in [0.2, 0.25) is 0 Å². The molecule has 0 saturated carbocycles. The van der Waals surface area contributed by atoms with E-state index in [0.29, 0.717) is 0 Å². The van der Waals surface area contributed by atoms with Gasteiger partial charge in [0.25, 0.3) is 0 Å². The van der Waals surface area contributed by atoms with E-state index in [9.17, 15) is 0 Å². The SMILES string of the molecule is CCCN1C[C@H]2CC[C@@H]1CN(Cc1ccccc1OCCN1CCOCC1)C2. The van der Waals surface area contributed by atoms with Crippen molar-refractivity contribution in [3.8, 4) is 5.75 Å². The molecule has 156 valence electrons. The van der Waals surface area contributed by atoms with Gasteiger partial charge in [-0.3, -0.25) is 14.7 Å². The largest absolute Gasteiger partial charge is 0.492 e. The predicted molar refractivity (Wildman–Crippen MR) is 113 cm³/mol. The zero-order chi connectivity index (χ0) is 19.2. The molecule has 4 saturated heterocycles. The molecule has 5 nitrogen and oxygen atoms in total. The fraction of sp³-hybridized carbons (Fsp3) is 0.739. The molecule has 4 heterocycles. The molecular formula is C23H37N3O2.